The van der Waals surface area contributed by atoms with Gasteiger partial charge in [-0.1, -0.05) is 18.2 Å². The van der Waals surface area contributed by atoms with E-state index >= 15 is 0 Å². The Morgan fingerprint density at radius 3 is 2.64 bits per heavy atom. The van der Waals surface area contributed by atoms with Gasteiger partial charge in [0.1, 0.15) is 0 Å². The van der Waals surface area contributed by atoms with Gasteiger partial charge in [-0.3, -0.25) is 4.79 Å². The second-order valence-corrected chi connectivity index (χ2v) is 5.65. The summed E-state index contributed by atoms with van der Waals surface area (Å²) in [4.78, 5) is 27.2. The van der Waals surface area contributed by atoms with E-state index in [1.54, 1.807) is 18.2 Å². The molecule has 0 aliphatic rings. The van der Waals surface area contributed by atoms with Gasteiger partial charge in [0, 0.05) is 23.7 Å². The van der Waals surface area contributed by atoms with Crippen LogP contribution in [0.2, 0.25) is 0 Å². The standard InChI is InChI=1S/C19H18N2O4/c1-25-19(24)12-8-9-16-14(11-12)18(20-10-4-7-17(22)23)13-5-2-3-6-15(13)21-16/h2-3,5-6,8-9,11H,4,7,10H2,1H3,(H,20,21)(H,22,23). The number of hydrogen-bond acceptors (Lipinski definition) is 5. The molecule has 0 spiro atoms. The van der Waals surface area contributed by atoms with Crippen LogP contribution in [0.25, 0.3) is 21.8 Å². The van der Waals surface area contributed by atoms with Crippen molar-refractivity contribution in [1.82, 2.24) is 4.98 Å². The third-order valence-electron chi connectivity index (χ3n) is 3.97. The summed E-state index contributed by atoms with van der Waals surface area (Å²) in [5.41, 5.74) is 2.88. The summed E-state index contributed by atoms with van der Waals surface area (Å²) in [6.07, 6.45) is 0.603. The molecule has 0 aliphatic heterocycles. The number of esters is 1. The number of para-hydroxylation sites is 1. The van der Waals surface area contributed by atoms with Crippen molar-refractivity contribution in [2.24, 2.45) is 0 Å². The first-order valence-corrected chi connectivity index (χ1v) is 7.96. The van der Waals surface area contributed by atoms with E-state index in [0.717, 1.165) is 27.5 Å². The van der Waals surface area contributed by atoms with E-state index in [0.29, 0.717) is 18.5 Å². The Bertz CT molecular complexity index is 953. The van der Waals surface area contributed by atoms with Gasteiger partial charge in [-0.25, -0.2) is 9.78 Å². The molecule has 0 saturated carbocycles. The highest BCUT2D eigenvalue weighted by Gasteiger charge is 2.12. The molecule has 1 heterocycles. The molecule has 6 heteroatoms. The summed E-state index contributed by atoms with van der Waals surface area (Å²) in [6.45, 7) is 0.512. The molecule has 3 rings (SSSR count). The fraction of sp³-hybridized carbons (Fsp3) is 0.211. The third-order valence-corrected chi connectivity index (χ3v) is 3.97. The van der Waals surface area contributed by atoms with E-state index < -0.39 is 11.9 Å². The maximum atomic E-state index is 11.8. The Kier molecular flexibility index (Phi) is 4.79. The summed E-state index contributed by atoms with van der Waals surface area (Å²) >= 11 is 0. The van der Waals surface area contributed by atoms with Crippen LogP contribution in [0.5, 0.6) is 0 Å². The number of anilines is 1. The Morgan fingerprint density at radius 2 is 1.88 bits per heavy atom. The second kappa shape index (κ2) is 7.17. The summed E-state index contributed by atoms with van der Waals surface area (Å²) in [7, 11) is 1.34. The van der Waals surface area contributed by atoms with E-state index in [2.05, 4.69) is 10.3 Å². The summed E-state index contributed by atoms with van der Waals surface area (Å²) in [5.74, 6) is -1.23. The molecule has 0 fully saturated rings. The second-order valence-electron chi connectivity index (χ2n) is 5.65. The summed E-state index contributed by atoms with van der Waals surface area (Å²) in [5, 5.41) is 13.8. The van der Waals surface area contributed by atoms with Crippen molar-refractivity contribution in [3.05, 3.63) is 48.0 Å². The van der Waals surface area contributed by atoms with E-state index in [1.807, 2.05) is 24.3 Å². The van der Waals surface area contributed by atoms with Crippen LogP contribution >= 0.6 is 0 Å². The number of carboxylic acid groups (broad SMARTS) is 1. The number of carbonyl (C=O) groups is 2. The SMILES string of the molecule is COC(=O)c1ccc2nc3ccccc3c(NCCCC(=O)O)c2c1. The van der Waals surface area contributed by atoms with Crippen LogP contribution in [0.15, 0.2) is 42.5 Å². The zero-order chi connectivity index (χ0) is 17.8. The lowest BCUT2D eigenvalue weighted by molar-refractivity contribution is -0.137. The number of rotatable bonds is 6. The van der Waals surface area contributed by atoms with Crippen LogP contribution in [0, 0.1) is 0 Å². The molecule has 128 valence electrons. The Balaban J connectivity index is 2.09. The minimum atomic E-state index is -0.820. The highest BCUT2D eigenvalue weighted by molar-refractivity contribution is 6.09. The Hall–Kier alpha value is -3.15. The number of nitrogens with zero attached hydrogens (tertiary/aromatic N) is 1. The monoisotopic (exact) mass is 338 g/mol. The number of aromatic nitrogens is 1. The Labute approximate surface area is 144 Å². The van der Waals surface area contributed by atoms with Crippen LogP contribution in [0.4, 0.5) is 5.69 Å². The first-order chi connectivity index (χ1) is 12.1. The van der Waals surface area contributed by atoms with Crippen LogP contribution in [-0.2, 0) is 9.53 Å². The van der Waals surface area contributed by atoms with Gasteiger partial charge in [0.15, 0.2) is 0 Å². The molecule has 0 saturated heterocycles. The summed E-state index contributed by atoms with van der Waals surface area (Å²) < 4.78 is 4.79. The Morgan fingerprint density at radius 1 is 1.12 bits per heavy atom. The molecular weight excluding hydrogens is 320 g/mol. The quantitative estimate of drug-likeness (QED) is 0.406. The first-order valence-electron chi connectivity index (χ1n) is 7.96. The molecule has 25 heavy (non-hydrogen) atoms. The predicted octanol–water partition coefficient (Wildman–Crippen LogP) is 3.45. The van der Waals surface area contributed by atoms with Crippen molar-refractivity contribution in [2.45, 2.75) is 12.8 Å². The average Bonchev–Trinajstić information content (AvgIpc) is 2.63. The highest BCUT2D eigenvalue weighted by atomic mass is 16.5. The lowest BCUT2D eigenvalue weighted by atomic mass is 10.0. The van der Waals surface area contributed by atoms with Crippen molar-refractivity contribution in [2.75, 3.05) is 19.0 Å². The number of ether oxygens (including phenoxy) is 1. The van der Waals surface area contributed by atoms with Gasteiger partial charge in [0.05, 0.1) is 29.4 Å². The van der Waals surface area contributed by atoms with Gasteiger partial charge in [-0.15, -0.1) is 0 Å². The van der Waals surface area contributed by atoms with Crippen LogP contribution in [0.3, 0.4) is 0 Å². The largest absolute Gasteiger partial charge is 0.481 e. The zero-order valence-corrected chi connectivity index (χ0v) is 13.8. The van der Waals surface area contributed by atoms with Gasteiger partial charge in [0.2, 0.25) is 0 Å². The van der Waals surface area contributed by atoms with E-state index in [9.17, 15) is 9.59 Å². The minimum Gasteiger partial charge on any atom is -0.481 e. The minimum absolute atomic E-state index is 0.0986. The molecule has 0 radical (unpaired) electrons. The molecule has 0 atom stereocenters. The van der Waals surface area contributed by atoms with Crippen LogP contribution in [0.1, 0.15) is 23.2 Å². The smallest absolute Gasteiger partial charge is 0.337 e. The molecule has 6 nitrogen and oxygen atoms in total. The number of nitrogens with one attached hydrogen (secondary N) is 1. The number of hydrogen-bond donors (Lipinski definition) is 2. The third kappa shape index (κ3) is 3.52. The van der Waals surface area contributed by atoms with Crippen molar-refractivity contribution in [3.63, 3.8) is 0 Å². The maximum absolute atomic E-state index is 11.8. The van der Waals surface area contributed by atoms with E-state index in [4.69, 9.17) is 9.84 Å². The van der Waals surface area contributed by atoms with E-state index in [1.165, 1.54) is 7.11 Å². The molecule has 2 N–H and O–H groups in total. The van der Waals surface area contributed by atoms with Gasteiger partial charge in [-0.2, -0.15) is 0 Å². The number of methoxy groups -OCH3 is 1. The number of benzene rings is 2. The highest BCUT2D eigenvalue weighted by Crippen LogP contribution is 2.31. The maximum Gasteiger partial charge on any atom is 0.337 e. The summed E-state index contributed by atoms with van der Waals surface area (Å²) in [6, 6.07) is 12.9. The van der Waals surface area contributed by atoms with Crippen LogP contribution < -0.4 is 5.32 Å². The lowest BCUT2D eigenvalue weighted by Crippen LogP contribution is -2.07. The molecular formula is C19H18N2O4. The van der Waals surface area contributed by atoms with Crippen molar-refractivity contribution >= 4 is 39.4 Å². The van der Waals surface area contributed by atoms with Gasteiger partial charge in [0.25, 0.3) is 0 Å². The molecule has 2 aromatic carbocycles. The number of pyridine rings is 1. The fourth-order valence-corrected chi connectivity index (χ4v) is 2.78. The van der Waals surface area contributed by atoms with E-state index in [-0.39, 0.29) is 6.42 Å². The van der Waals surface area contributed by atoms with Crippen molar-refractivity contribution in [3.8, 4) is 0 Å². The average molecular weight is 338 g/mol. The molecule has 3 aromatic rings. The topological polar surface area (TPSA) is 88.5 Å². The number of fused-ring (bicyclic) bond motifs is 2. The number of aliphatic carboxylic acids is 1. The number of carbonyl (C=O) groups excluding carboxylic acids is 1. The normalized spacial score (nSPS) is 10.8. The fourth-order valence-electron chi connectivity index (χ4n) is 2.78. The zero-order valence-electron chi connectivity index (χ0n) is 13.8. The predicted molar refractivity (Wildman–Crippen MR) is 95.9 cm³/mol. The van der Waals surface area contributed by atoms with Gasteiger partial charge in [-0.05, 0) is 30.7 Å². The van der Waals surface area contributed by atoms with Gasteiger partial charge < -0.3 is 15.2 Å². The molecule has 0 aliphatic carbocycles. The van der Waals surface area contributed by atoms with Crippen LogP contribution in [-0.4, -0.2) is 35.7 Å². The molecule has 0 unspecified atom stereocenters. The molecule has 1 aromatic heterocycles. The first kappa shape index (κ1) is 16.7. The molecule has 0 amide bonds. The molecule has 0 bridgehead atoms. The number of carboxylic acids is 1. The lowest BCUT2D eigenvalue weighted by Gasteiger charge is -2.13. The van der Waals surface area contributed by atoms with Crippen molar-refractivity contribution in [1.29, 1.82) is 0 Å². The van der Waals surface area contributed by atoms with Gasteiger partial charge >= 0.3 is 11.9 Å². The van der Waals surface area contributed by atoms with Crippen molar-refractivity contribution < 1.29 is 19.4 Å².